The Balaban J connectivity index is 1.54. The van der Waals surface area contributed by atoms with Crippen LogP contribution in [0, 0.1) is 0 Å². The van der Waals surface area contributed by atoms with Gasteiger partial charge in [-0.15, -0.1) is 0 Å². The standard InChI is InChI=1S/C21H25N3O3/c1-23-11-12-24(15-19(23)13-16-5-3-2-4-6-16)21(27)22-14-17-7-9-18(10-8-17)20(25)26/h2-10,19H,11-15H2,1H3,(H,22,27)(H,25,26). The summed E-state index contributed by atoms with van der Waals surface area (Å²) in [6, 6.07) is 17.1. The highest BCUT2D eigenvalue weighted by atomic mass is 16.4. The normalized spacial score (nSPS) is 17.5. The summed E-state index contributed by atoms with van der Waals surface area (Å²) in [5, 5.41) is 11.9. The van der Waals surface area contributed by atoms with Gasteiger partial charge in [0.15, 0.2) is 0 Å². The van der Waals surface area contributed by atoms with Gasteiger partial charge in [-0.2, -0.15) is 0 Å². The number of urea groups is 1. The summed E-state index contributed by atoms with van der Waals surface area (Å²) < 4.78 is 0. The molecule has 2 N–H and O–H groups in total. The molecule has 6 heteroatoms. The first-order valence-corrected chi connectivity index (χ1v) is 9.12. The second-order valence-electron chi connectivity index (χ2n) is 6.93. The summed E-state index contributed by atoms with van der Waals surface area (Å²) in [4.78, 5) is 27.6. The summed E-state index contributed by atoms with van der Waals surface area (Å²) in [6.07, 6.45) is 0.914. The average Bonchev–Trinajstić information content (AvgIpc) is 2.69. The van der Waals surface area contributed by atoms with E-state index >= 15 is 0 Å². The average molecular weight is 367 g/mol. The SMILES string of the molecule is CN1CCN(C(=O)NCc2ccc(C(=O)O)cc2)CC1Cc1ccccc1. The molecule has 1 unspecified atom stereocenters. The number of carboxylic acid groups (broad SMARTS) is 1. The van der Waals surface area contributed by atoms with Gasteiger partial charge in [0.2, 0.25) is 0 Å². The lowest BCUT2D eigenvalue weighted by molar-refractivity contribution is 0.0697. The Morgan fingerprint density at radius 2 is 1.74 bits per heavy atom. The van der Waals surface area contributed by atoms with Gasteiger partial charge in [0.05, 0.1) is 5.56 Å². The molecule has 0 radical (unpaired) electrons. The molecule has 1 fully saturated rings. The van der Waals surface area contributed by atoms with Crippen LogP contribution in [0.4, 0.5) is 4.79 Å². The largest absolute Gasteiger partial charge is 0.478 e. The zero-order valence-electron chi connectivity index (χ0n) is 15.5. The fourth-order valence-corrected chi connectivity index (χ4v) is 3.29. The molecule has 2 amide bonds. The van der Waals surface area contributed by atoms with E-state index in [0.717, 1.165) is 18.5 Å². The van der Waals surface area contributed by atoms with E-state index in [9.17, 15) is 9.59 Å². The molecule has 1 heterocycles. The maximum absolute atomic E-state index is 12.6. The molecule has 2 aromatic rings. The number of carboxylic acids is 1. The summed E-state index contributed by atoms with van der Waals surface area (Å²) in [6.45, 7) is 2.62. The Morgan fingerprint density at radius 1 is 1.04 bits per heavy atom. The van der Waals surface area contributed by atoms with Crippen LogP contribution < -0.4 is 5.32 Å². The van der Waals surface area contributed by atoms with Crippen molar-refractivity contribution in [2.45, 2.75) is 19.0 Å². The first-order valence-electron chi connectivity index (χ1n) is 9.12. The van der Waals surface area contributed by atoms with E-state index in [2.05, 4.69) is 29.4 Å². The molecule has 0 saturated carbocycles. The Kier molecular flexibility index (Phi) is 6.08. The number of piperazine rings is 1. The van der Waals surface area contributed by atoms with Gasteiger partial charge >= 0.3 is 12.0 Å². The van der Waals surface area contributed by atoms with Gasteiger partial charge < -0.3 is 15.3 Å². The van der Waals surface area contributed by atoms with Crippen molar-refractivity contribution in [3.8, 4) is 0 Å². The molecule has 27 heavy (non-hydrogen) atoms. The van der Waals surface area contributed by atoms with Gasteiger partial charge in [0.1, 0.15) is 0 Å². The van der Waals surface area contributed by atoms with Crippen molar-refractivity contribution in [1.82, 2.24) is 15.1 Å². The van der Waals surface area contributed by atoms with Crippen molar-refractivity contribution < 1.29 is 14.7 Å². The Bertz CT molecular complexity index is 777. The molecule has 0 spiro atoms. The fraction of sp³-hybridized carbons (Fsp3) is 0.333. The van der Waals surface area contributed by atoms with Crippen LogP contribution in [0.3, 0.4) is 0 Å². The third-order valence-electron chi connectivity index (χ3n) is 5.02. The molecule has 1 atom stereocenters. The highest BCUT2D eigenvalue weighted by Gasteiger charge is 2.27. The lowest BCUT2D eigenvalue weighted by atomic mass is 10.0. The zero-order valence-corrected chi connectivity index (χ0v) is 15.5. The molecular weight excluding hydrogens is 342 g/mol. The monoisotopic (exact) mass is 367 g/mol. The van der Waals surface area contributed by atoms with Crippen molar-refractivity contribution in [3.63, 3.8) is 0 Å². The smallest absolute Gasteiger partial charge is 0.335 e. The number of aromatic carboxylic acids is 1. The number of carbonyl (C=O) groups excluding carboxylic acids is 1. The quantitative estimate of drug-likeness (QED) is 0.851. The van der Waals surface area contributed by atoms with Crippen LogP contribution in [0.5, 0.6) is 0 Å². The van der Waals surface area contributed by atoms with Crippen LogP contribution in [0.1, 0.15) is 21.5 Å². The summed E-state index contributed by atoms with van der Waals surface area (Å²) in [5.41, 5.74) is 2.39. The highest BCUT2D eigenvalue weighted by molar-refractivity contribution is 5.87. The van der Waals surface area contributed by atoms with E-state index in [0.29, 0.717) is 25.7 Å². The molecule has 2 aromatic carbocycles. The zero-order chi connectivity index (χ0) is 19.2. The van der Waals surface area contributed by atoms with Gasteiger partial charge in [-0.25, -0.2) is 9.59 Å². The summed E-state index contributed by atoms with van der Waals surface area (Å²) in [5.74, 6) is -0.951. The van der Waals surface area contributed by atoms with Crippen LogP contribution in [0.25, 0.3) is 0 Å². The van der Waals surface area contributed by atoms with Crippen LogP contribution >= 0.6 is 0 Å². The van der Waals surface area contributed by atoms with E-state index in [1.54, 1.807) is 24.3 Å². The molecule has 142 valence electrons. The number of carbonyl (C=O) groups is 2. The van der Waals surface area contributed by atoms with Gasteiger partial charge in [-0.05, 0) is 36.7 Å². The molecule has 6 nitrogen and oxygen atoms in total. The third-order valence-corrected chi connectivity index (χ3v) is 5.02. The molecule has 1 aliphatic rings. The predicted octanol–water partition coefficient (Wildman–Crippen LogP) is 2.45. The lowest BCUT2D eigenvalue weighted by Crippen LogP contribution is -2.56. The van der Waals surface area contributed by atoms with Crippen molar-refractivity contribution in [2.24, 2.45) is 0 Å². The number of hydrogen-bond donors (Lipinski definition) is 2. The van der Waals surface area contributed by atoms with Crippen LogP contribution in [-0.4, -0.2) is 59.6 Å². The number of benzene rings is 2. The third kappa shape index (κ3) is 5.08. The van der Waals surface area contributed by atoms with Crippen molar-refractivity contribution in [1.29, 1.82) is 0 Å². The van der Waals surface area contributed by atoms with Gasteiger partial charge in [-0.1, -0.05) is 42.5 Å². The van der Waals surface area contributed by atoms with Crippen LogP contribution in [0.15, 0.2) is 54.6 Å². The van der Waals surface area contributed by atoms with E-state index in [1.807, 2.05) is 23.1 Å². The highest BCUT2D eigenvalue weighted by Crippen LogP contribution is 2.14. The van der Waals surface area contributed by atoms with Gasteiger partial charge in [-0.3, -0.25) is 4.90 Å². The number of amides is 2. The van der Waals surface area contributed by atoms with E-state index in [4.69, 9.17) is 5.11 Å². The van der Waals surface area contributed by atoms with Crippen LogP contribution in [-0.2, 0) is 13.0 Å². The van der Waals surface area contributed by atoms with Gasteiger partial charge in [0.25, 0.3) is 0 Å². The maximum Gasteiger partial charge on any atom is 0.335 e. The summed E-state index contributed by atoms with van der Waals surface area (Å²) >= 11 is 0. The maximum atomic E-state index is 12.6. The molecule has 0 aliphatic carbocycles. The summed E-state index contributed by atoms with van der Waals surface area (Å²) in [7, 11) is 2.10. The van der Waals surface area contributed by atoms with E-state index in [1.165, 1.54) is 5.56 Å². The molecular formula is C21H25N3O3. The fourth-order valence-electron chi connectivity index (χ4n) is 3.29. The first-order chi connectivity index (χ1) is 13.0. The number of hydrogen-bond acceptors (Lipinski definition) is 3. The number of nitrogens with one attached hydrogen (secondary N) is 1. The van der Waals surface area contributed by atoms with Crippen molar-refractivity contribution in [2.75, 3.05) is 26.7 Å². The number of nitrogens with zero attached hydrogens (tertiary/aromatic N) is 2. The molecule has 0 aromatic heterocycles. The molecule has 1 saturated heterocycles. The Hall–Kier alpha value is -2.86. The Labute approximate surface area is 159 Å². The number of rotatable bonds is 5. The number of likely N-dealkylation sites (N-methyl/N-ethyl adjacent to an activating group) is 1. The Morgan fingerprint density at radius 3 is 2.41 bits per heavy atom. The topological polar surface area (TPSA) is 72.9 Å². The van der Waals surface area contributed by atoms with Crippen molar-refractivity contribution >= 4 is 12.0 Å². The minimum Gasteiger partial charge on any atom is -0.478 e. The van der Waals surface area contributed by atoms with Gasteiger partial charge in [0, 0.05) is 32.2 Å². The second kappa shape index (κ2) is 8.68. The first kappa shape index (κ1) is 18.9. The minimum absolute atomic E-state index is 0.0801. The molecule has 3 rings (SSSR count). The van der Waals surface area contributed by atoms with E-state index in [-0.39, 0.29) is 11.6 Å². The second-order valence-corrected chi connectivity index (χ2v) is 6.93. The van der Waals surface area contributed by atoms with Crippen molar-refractivity contribution in [3.05, 3.63) is 71.3 Å². The van der Waals surface area contributed by atoms with E-state index < -0.39 is 5.97 Å². The van der Waals surface area contributed by atoms with Crippen LogP contribution in [0.2, 0.25) is 0 Å². The minimum atomic E-state index is -0.951. The molecule has 1 aliphatic heterocycles. The molecule has 0 bridgehead atoms. The predicted molar refractivity (Wildman–Crippen MR) is 104 cm³/mol. The lowest BCUT2D eigenvalue weighted by Gasteiger charge is -2.39.